The van der Waals surface area contributed by atoms with E-state index in [0.29, 0.717) is 12.0 Å². The second-order valence-electron chi connectivity index (χ2n) is 3.75. The lowest BCUT2D eigenvalue weighted by Crippen LogP contribution is -2.21. The molecule has 0 aromatic heterocycles. The lowest BCUT2D eigenvalue weighted by Gasteiger charge is -2.15. The zero-order valence-corrected chi connectivity index (χ0v) is 7.96. The van der Waals surface area contributed by atoms with Crippen LogP contribution in [-0.4, -0.2) is 5.91 Å². The minimum atomic E-state index is -0.244. The Kier molecular flexibility index (Phi) is 2.23. The van der Waals surface area contributed by atoms with Crippen molar-refractivity contribution in [2.45, 2.75) is 19.4 Å². The van der Waals surface area contributed by atoms with Crippen LogP contribution in [0, 0.1) is 11.7 Å². The number of hydrogen-bond donors (Lipinski definition) is 1. The van der Waals surface area contributed by atoms with Crippen LogP contribution in [0.4, 0.5) is 4.39 Å². The minimum Gasteiger partial charge on any atom is -0.349 e. The Morgan fingerprint density at radius 2 is 2.14 bits per heavy atom. The first kappa shape index (κ1) is 9.19. The van der Waals surface area contributed by atoms with Gasteiger partial charge in [0.2, 0.25) is 5.91 Å². The van der Waals surface area contributed by atoms with Gasteiger partial charge < -0.3 is 5.32 Å². The summed E-state index contributed by atoms with van der Waals surface area (Å²) in [7, 11) is 0. The van der Waals surface area contributed by atoms with Gasteiger partial charge in [-0.2, -0.15) is 0 Å². The van der Waals surface area contributed by atoms with Crippen LogP contribution >= 0.6 is 0 Å². The predicted molar refractivity (Wildman–Crippen MR) is 51.1 cm³/mol. The summed E-state index contributed by atoms with van der Waals surface area (Å²) < 4.78 is 13.4. The van der Waals surface area contributed by atoms with E-state index in [1.165, 1.54) is 6.07 Å². The fourth-order valence-corrected chi connectivity index (χ4v) is 1.90. The summed E-state index contributed by atoms with van der Waals surface area (Å²) >= 11 is 0. The Labute approximate surface area is 82.1 Å². The number of nitrogens with one attached hydrogen (secondary N) is 1. The molecular weight excluding hydrogens is 181 g/mol. The molecule has 1 N–H and O–H groups in total. The number of halogens is 1. The molecule has 1 aromatic rings. The van der Waals surface area contributed by atoms with Crippen molar-refractivity contribution in [3.8, 4) is 0 Å². The van der Waals surface area contributed by atoms with Crippen LogP contribution in [0.25, 0.3) is 0 Å². The molecule has 0 spiro atoms. The fraction of sp³-hybridized carbons (Fsp3) is 0.364. The largest absolute Gasteiger partial charge is 0.349 e. The van der Waals surface area contributed by atoms with E-state index in [1.807, 2.05) is 6.92 Å². The van der Waals surface area contributed by atoms with E-state index >= 15 is 0 Å². The average Bonchev–Trinajstić information content (AvgIpc) is 2.46. The molecule has 3 heteroatoms. The molecule has 1 unspecified atom stereocenters. The molecule has 1 aliphatic heterocycles. The highest BCUT2D eigenvalue weighted by atomic mass is 19.1. The molecule has 0 aliphatic carbocycles. The van der Waals surface area contributed by atoms with Crippen LogP contribution in [0.15, 0.2) is 24.3 Å². The van der Waals surface area contributed by atoms with E-state index in [0.717, 1.165) is 0 Å². The van der Waals surface area contributed by atoms with Gasteiger partial charge in [0.15, 0.2) is 0 Å². The fourth-order valence-electron chi connectivity index (χ4n) is 1.90. The van der Waals surface area contributed by atoms with Crippen LogP contribution in [0.2, 0.25) is 0 Å². The van der Waals surface area contributed by atoms with Crippen molar-refractivity contribution in [2.75, 3.05) is 0 Å². The molecular formula is C11H12FNO. The molecule has 74 valence electrons. The topological polar surface area (TPSA) is 29.1 Å². The zero-order valence-electron chi connectivity index (χ0n) is 7.96. The number of amides is 1. The third-order valence-corrected chi connectivity index (χ3v) is 2.63. The Balaban J connectivity index is 2.32. The van der Waals surface area contributed by atoms with Gasteiger partial charge in [-0.1, -0.05) is 25.1 Å². The van der Waals surface area contributed by atoms with Gasteiger partial charge in [-0.15, -0.1) is 0 Å². The smallest absolute Gasteiger partial charge is 0.220 e. The first-order chi connectivity index (χ1) is 6.68. The van der Waals surface area contributed by atoms with Crippen molar-refractivity contribution in [1.82, 2.24) is 5.32 Å². The summed E-state index contributed by atoms with van der Waals surface area (Å²) in [5.74, 6) is -0.0725. The number of benzene rings is 1. The van der Waals surface area contributed by atoms with Crippen LogP contribution in [0.3, 0.4) is 0 Å². The molecule has 1 aromatic carbocycles. The van der Waals surface area contributed by atoms with Crippen LogP contribution in [0.5, 0.6) is 0 Å². The standard InChI is InChI=1S/C11H12FNO/c1-7-6-10(14)13-11(7)8-4-2-3-5-9(8)12/h2-5,7,11H,6H2,1H3,(H,13,14)/t7?,11-/m0/s1. The van der Waals surface area contributed by atoms with Crippen LogP contribution < -0.4 is 5.32 Å². The van der Waals surface area contributed by atoms with Gasteiger partial charge in [-0.05, 0) is 12.0 Å². The summed E-state index contributed by atoms with van der Waals surface area (Å²) in [4.78, 5) is 11.1. The number of hydrogen-bond acceptors (Lipinski definition) is 1. The molecule has 1 fully saturated rings. The lowest BCUT2D eigenvalue weighted by atomic mass is 9.96. The van der Waals surface area contributed by atoms with Gasteiger partial charge in [0.25, 0.3) is 0 Å². The van der Waals surface area contributed by atoms with Gasteiger partial charge in [-0.3, -0.25) is 4.79 Å². The molecule has 0 bridgehead atoms. The number of carbonyl (C=O) groups is 1. The molecule has 2 nitrogen and oxygen atoms in total. The third-order valence-electron chi connectivity index (χ3n) is 2.63. The molecule has 0 radical (unpaired) electrons. The van der Waals surface area contributed by atoms with Crippen molar-refractivity contribution < 1.29 is 9.18 Å². The van der Waals surface area contributed by atoms with E-state index in [4.69, 9.17) is 0 Å². The zero-order chi connectivity index (χ0) is 10.1. The summed E-state index contributed by atoms with van der Waals surface area (Å²) in [6.45, 7) is 1.95. The SMILES string of the molecule is CC1CC(=O)N[C@@H]1c1ccccc1F. The highest BCUT2D eigenvalue weighted by molar-refractivity contribution is 5.79. The Bertz CT molecular complexity index is 364. The summed E-state index contributed by atoms with van der Waals surface area (Å²) in [5, 5.41) is 2.78. The highest BCUT2D eigenvalue weighted by Gasteiger charge is 2.31. The van der Waals surface area contributed by atoms with Crippen molar-refractivity contribution in [2.24, 2.45) is 5.92 Å². The van der Waals surface area contributed by atoms with Crippen molar-refractivity contribution >= 4 is 5.91 Å². The molecule has 14 heavy (non-hydrogen) atoms. The Morgan fingerprint density at radius 3 is 2.71 bits per heavy atom. The highest BCUT2D eigenvalue weighted by Crippen LogP contribution is 2.30. The van der Waals surface area contributed by atoms with Crippen molar-refractivity contribution in [3.05, 3.63) is 35.6 Å². The quantitative estimate of drug-likeness (QED) is 0.726. The van der Waals surface area contributed by atoms with Crippen molar-refractivity contribution in [3.63, 3.8) is 0 Å². The third kappa shape index (κ3) is 1.50. The van der Waals surface area contributed by atoms with Gasteiger partial charge >= 0.3 is 0 Å². The van der Waals surface area contributed by atoms with Gasteiger partial charge in [0.05, 0.1) is 6.04 Å². The number of carbonyl (C=O) groups excluding carboxylic acids is 1. The maximum absolute atomic E-state index is 13.4. The van der Waals surface area contributed by atoms with Gasteiger partial charge in [0, 0.05) is 12.0 Å². The summed E-state index contributed by atoms with van der Waals surface area (Å²) in [6.07, 6.45) is 0.485. The first-order valence-electron chi connectivity index (χ1n) is 4.72. The van der Waals surface area contributed by atoms with Gasteiger partial charge in [-0.25, -0.2) is 4.39 Å². The molecule has 1 heterocycles. The molecule has 1 amide bonds. The van der Waals surface area contributed by atoms with E-state index in [1.54, 1.807) is 18.2 Å². The number of rotatable bonds is 1. The van der Waals surface area contributed by atoms with Crippen molar-refractivity contribution in [1.29, 1.82) is 0 Å². The van der Waals surface area contributed by atoms with E-state index in [2.05, 4.69) is 5.32 Å². The maximum atomic E-state index is 13.4. The Morgan fingerprint density at radius 1 is 1.43 bits per heavy atom. The van der Waals surface area contributed by atoms with E-state index in [-0.39, 0.29) is 23.7 Å². The molecule has 0 saturated carbocycles. The predicted octanol–water partition coefficient (Wildman–Crippen LogP) is 2.02. The molecule has 1 aliphatic rings. The van der Waals surface area contributed by atoms with E-state index < -0.39 is 0 Å². The summed E-state index contributed by atoms with van der Waals surface area (Å²) in [6, 6.07) is 6.42. The van der Waals surface area contributed by atoms with E-state index in [9.17, 15) is 9.18 Å². The average molecular weight is 193 g/mol. The second-order valence-corrected chi connectivity index (χ2v) is 3.75. The van der Waals surface area contributed by atoms with Gasteiger partial charge in [0.1, 0.15) is 5.82 Å². The van der Waals surface area contributed by atoms with Crippen LogP contribution in [-0.2, 0) is 4.79 Å². The molecule has 1 saturated heterocycles. The minimum absolute atomic E-state index is 0.00533. The Hall–Kier alpha value is -1.38. The second kappa shape index (κ2) is 3.40. The summed E-state index contributed by atoms with van der Waals surface area (Å²) in [5.41, 5.74) is 0.589. The molecule has 2 atom stereocenters. The van der Waals surface area contributed by atoms with Crippen LogP contribution in [0.1, 0.15) is 24.9 Å². The molecule has 2 rings (SSSR count). The first-order valence-corrected chi connectivity index (χ1v) is 4.72. The monoisotopic (exact) mass is 193 g/mol. The normalized spacial score (nSPS) is 26.3. The maximum Gasteiger partial charge on any atom is 0.220 e. The lowest BCUT2D eigenvalue weighted by molar-refractivity contribution is -0.119.